The minimum absolute atomic E-state index is 0.174. The first-order valence-corrected chi connectivity index (χ1v) is 11.3. The van der Waals surface area contributed by atoms with Crippen LogP contribution in [0, 0.1) is 0 Å². The molecule has 7 heteroatoms. The molecule has 0 saturated carbocycles. The van der Waals surface area contributed by atoms with Crippen molar-refractivity contribution in [3.63, 3.8) is 0 Å². The maximum Gasteiger partial charge on any atom is 0.251 e. The summed E-state index contributed by atoms with van der Waals surface area (Å²) in [6.07, 6.45) is 3.55. The number of carbonyl (C=O) groups is 1. The van der Waals surface area contributed by atoms with Gasteiger partial charge in [0, 0.05) is 30.2 Å². The summed E-state index contributed by atoms with van der Waals surface area (Å²) >= 11 is 0. The van der Waals surface area contributed by atoms with Crippen molar-refractivity contribution in [3.8, 4) is 5.75 Å². The fourth-order valence-electron chi connectivity index (χ4n) is 3.66. The van der Waals surface area contributed by atoms with E-state index in [1.165, 1.54) is 35.4 Å². The van der Waals surface area contributed by atoms with E-state index in [1.54, 1.807) is 19.2 Å². The van der Waals surface area contributed by atoms with E-state index >= 15 is 0 Å². The van der Waals surface area contributed by atoms with E-state index in [9.17, 15) is 13.2 Å². The largest absolute Gasteiger partial charge is 0.497 e. The van der Waals surface area contributed by atoms with E-state index in [-0.39, 0.29) is 16.8 Å². The SMILES string of the molecule is COc1ccc([C@@H](CNC(=O)c2ccc(S(C)(=O)=O)cc2)[NH+]2CCCC2)cc1. The molecule has 0 aliphatic carbocycles. The lowest BCUT2D eigenvalue weighted by Crippen LogP contribution is -3.11. The fourth-order valence-corrected chi connectivity index (χ4v) is 4.29. The Morgan fingerprint density at radius 3 is 2.21 bits per heavy atom. The van der Waals surface area contributed by atoms with Gasteiger partial charge in [-0.3, -0.25) is 4.79 Å². The van der Waals surface area contributed by atoms with E-state index < -0.39 is 9.84 Å². The summed E-state index contributed by atoms with van der Waals surface area (Å²) in [5, 5.41) is 3.02. The van der Waals surface area contributed by atoms with Crippen molar-refractivity contribution in [2.75, 3.05) is 33.0 Å². The molecule has 1 heterocycles. The number of rotatable bonds is 7. The zero-order valence-corrected chi connectivity index (χ0v) is 17.1. The first-order valence-electron chi connectivity index (χ1n) is 9.45. The second-order valence-electron chi connectivity index (χ2n) is 7.20. The third-order valence-corrected chi connectivity index (χ3v) is 6.40. The first kappa shape index (κ1) is 20.4. The normalized spacial score (nSPS) is 15.9. The number of amides is 1. The molecule has 1 atom stereocenters. The lowest BCUT2D eigenvalue weighted by molar-refractivity contribution is -0.918. The fraction of sp³-hybridized carbons (Fsp3) is 0.381. The summed E-state index contributed by atoms with van der Waals surface area (Å²) in [6.45, 7) is 2.71. The molecule has 6 nitrogen and oxygen atoms in total. The van der Waals surface area contributed by atoms with Crippen molar-refractivity contribution < 1.29 is 22.8 Å². The van der Waals surface area contributed by atoms with Crippen LogP contribution in [-0.4, -0.2) is 47.3 Å². The van der Waals surface area contributed by atoms with E-state index in [0.29, 0.717) is 12.1 Å². The van der Waals surface area contributed by atoms with Gasteiger partial charge in [-0.1, -0.05) is 0 Å². The molecule has 28 heavy (non-hydrogen) atoms. The molecule has 1 fully saturated rings. The van der Waals surface area contributed by atoms with Gasteiger partial charge in [0.15, 0.2) is 9.84 Å². The number of benzene rings is 2. The summed E-state index contributed by atoms with van der Waals surface area (Å²) in [6, 6.07) is 14.2. The van der Waals surface area contributed by atoms with Crippen LogP contribution in [0.25, 0.3) is 0 Å². The summed E-state index contributed by atoms with van der Waals surface area (Å²) in [5.74, 6) is 0.617. The maximum atomic E-state index is 12.6. The van der Waals surface area contributed by atoms with E-state index in [2.05, 4.69) is 17.4 Å². The predicted octanol–water partition coefficient (Wildman–Crippen LogP) is 1.25. The molecular weight excluding hydrogens is 376 g/mol. The Balaban J connectivity index is 1.71. The molecule has 0 spiro atoms. The Morgan fingerprint density at radius 1 is 1.07 bits per heavy atom. The van der Waals surface area contributed by atoms with Crippen LogP contribution in [0.15, 0.2) is 53.4 Å². The van der Waals surface area contributed by atoms with Crippen LogP contribution in [-0.2, 0) is 9.84 Å². The Bertz CT molecular complexity index is 902. The zero-order chi connectivity index (χ0) is 20.1. The van der Waals surface area contributed by atoms with Crippen molar-refractivity contribution in [2.24, 2.45) is 0 Å². The maximum absolute atomic E-state index is 12.6. The molecular formula is C21H27N2O4S+. The van der Waals surface area contributed by atoms with Crippen molar-refractivity contribution in [2.45, 2.75) is 23.8 Å². The average molecular weight is 404 g/mol. The monoisotopic (exact) mass is 403 g/mol. The number of carbonyl (C=O) groups excluding carboxylic acids is 1. The summed E-state index contributed by atoms with van der Waals surface area (Å²) in [5.41, 5.74) is 1.63. The van der Waals surface area contributed by atoms with Gasteiger partial charge in [0.05, 0.1) is 31.6 Å². The zero-order valence-electron chi connectivity index (χ0n) is 16.3. The number of ether oxygens (including phenoxy) is 1. The average Bonchev–Trinajstić information content (AvgIpc) is 3.22. The standard InChI is InChI=1S/C21H26N2O4S/c1-27-18-9-5-16(6-10-18)20(23-13-3-4-14-23)15-22-21(24)17-7-11-19(12-8-17)28(2,25)26/h5-12,20H,3-4,13-15H2,1-2H3,(H,22,24)/p+1/t20-/m1/s1. The van der Waals surface area contributed by atoms with Gasteiger partial charge in [0.2, 0.25) is 0 Å². The lowest BCUT2D eigenvalue weighted by atomic mass is 10.0. The molecule has 150 valence electrons. The van der Waals surface area contributed by atoms with Crippen LogP contribution in [0.5, 0.6) is 5.75 Å². The van der Waals surface area contributed by atoms with Gasteiger partial charge >= 0.3 is 0 Å². The summed E-state index contributed by atoms with van der Waals surface area (Å²) < 4.78 is 28.4. The quantitative estimate of drug-likeness (QED) is 0.730. The summed E-state index contributed by atoms with van der Waals surface area (Å²) in [4.78, 5) is 14.2. The number of sulfone groups is 1. The van der Waals surface area contributed by atoms with E-state index in [1.807, 2.05) is 12.1 Å². The van der Waals surface area contributed by atoms with Gasteiger partial charge in [-0.25, -0.2) is 8.42 Å². The van der Waals surface area contributed by atoms with E-state index in [0.717, 1.165) is 25.1 Å². The van der Waals surface area contributed by atoms with Crippen LogP contribution >= 0.6 is 0 Å². The minimum atomic E-state index is -3.27. The third-order valence-electron chi connectivity index (χ3n) is 5.27. The first-order chi connectivity index (χ1) is 13.4. The topological polar surface area (TPSA) is 76.9 Å². The number of hydrogen-bond donors (Lipinski definition) is 2. The second kappa shape index (κ2) is 8.75. The van der Waals surface area contributed by atoms with Crippen molar-refractivity contribution in [1.82, 2.24) is 5.32 Å². The smallest absolute Gasteiger partial charge is 0.251 e. The molecule has 1 aliphatic rings. The number of likely N-dealkylation sites (tertiary alicyclic amines) is 1. The molecule has 2 aromatic rings. The van der Waals surface area contributed by atoms with Gasteiger partial charge in [-0.2, -0.15) is 0 Å². The van der Waals surface area contributed by atoms with Gasteiger partial charge in [0.1, 0.15) is 11.8 Å². The molecule has 2 N–H and O–H groups in total. The Morgan fingerprint density at radius 2 is 1.68 bits per heavy atom. The number of hydrogen-bond acceptors (Lipinski definition) is 4. The van der Waals surface area contributed by atoms with Crippen LogP contribution in [0.2, 0.25) is 0 Å². The highest BCUT2D eigenvalue weighted by atomic mass is 32.2. The van der Waals surface area contributed by atoms with Gasteiger partial charge < -0.3 is 15.0 Å². The predicted molar refractivity (Wildman–Crippen MR) is 108 cm³/mol. The molecule has 3 rings (SSSR count). The van der Waals surface area contributed by atoms with Gasteiger partial charge in [-0.15, -0.1) is 0 Å². The van der Waals surface area contributed by atoms with Crippen molar-refractivity contribution >= 4 is 15.7 Å². The lowest BCUT2D eigenvalue weighted by Gasteiger charge is -2.25. The highest BCUT2D eigenvalue weighted by Gasteiger charge is 2.28. The van der Waals surface area contributed by atoms with Crippen LogP contribution in [0.3, 0.4) is 0 Å². The molecule has 0 radical (unpaired) electrons. The van der Waals surface area contributed by atoms with E-state index in [4.69, 9.17) is 4.74 Å². The minimum Gasteiger partial charge on any atom is -0.497 e. The van der Waals surface area contributed by atoms with Crippen LogP contribution < -0.4 is 15.0 Å². The second-order valence-corrected chi connectivity index (χ2v) is 9.21. The van der Waals surface area contributed by atoms with Crippen molar-refractivity contribution in [1.29, 1.82) is 0 Å². The van der Waals surface area contributed by atoms with Gasteiger partial charge in [0.25, 0.3) is 5.91 Å². The molecule has 0 unspecified atom stereocenters. The number of nitrogens with one attached hydrogen (secondary N) is 2. The number of quaternary nitrogens is 1. The van der Waals surface area contributed by atoms with Crippen LogP contribution in [0.1, 0.15) is 34.8 Å². The van der Waals surface area contributed by atoms with Gasteiger partial charge in [-0.05, 0) is 48.5 Å². The Labute approximate surface area is 166 Å². The Hall–Kier alpha value is -2.38. The molecule has 2 aromatic carbocycles. The molecule has 1 saturated heterocycles. The number of methoxy groups -OCH3 is 1. The molecule has 0 bridgehead atoms. The van der Waals surface area contributed by atoms with Crippen LogP contribution in [0.4, 0.5) is 0 Å². The third kappa shape index (κ3) is 4.91. The van der Waals surface area contributed by atoms with Crippen molar-refractivity contribution in [3.05, 3.63) is 59.7 Å². The molecule has 1 amide bonds. The molecule has 0 aromatic heterocycles. The molecule has 1 aliphatic heterocycles. The highest BCUT2D eigenvalue weighted by molar-refractivity contribution is 7.90. The highest BCUT2D eigenvalue weighted by Crippen LogP contribution is 2.17. The Kier molecular flexibility index (Phi) is 6.36. The summed E-state index contributed by atoms with van der Waals surface area (Å²) in [7, 11) is -1.62.